The molecule has 0 bridgehead atoms. The normalized spacial score (nSPS) is 19.9. The smallest absolute Gasteiger partial charge is 0.253 e. The molecule has 1 fully saturated rings. The van der Waals surface area contributed by atoms with E-state index < -0.39 is 0 Å². The average molecular weight is 333 g/mol. The minimum absolute atomic E-state index is 0.0346. The summed E-state index contributed by atoms with van der Waals surface area (Å²) in [4.78, 5) is 14.1. The van der Waals surface area contributed by atoms with E-state index in [-0.39, 0.29) is 11.7 Å². The predicted molar refractivity (Wildman–Crippen MR) is 75.2 cm³/mol. The maximum atomic E-state index is 12.3. The molecule has 0 aliphatic carbocycles. The summed E-state index contributed by atoms with van der Waals surface area (Å²) in [6, 6.07) is 4.90. The summed E-state index contributed by atoms with van der Waals surface area (Å²) in [6.45, 7) is 1.47. The Bertz CT molecular complexity index is 453. The summed E-state index contributed by atoms with van der Waals surface area (Å²) in [5.74, 6) is 1.03. The molecule has 1 aromatic carbocycles. The van der Waals surface area contributed by atoms with Gasteiger partial charge in [-0.25, -0.2) is 0 Å². The summed E-state index contributed by atoms with van der Waals surface area (Å²) in [7, 11) is 0. The molecule has 2 rings (SSSR count). The van der Waals surface area contributed by atoms with Crippen LogP contribution in [0.3, 0.4) is 0 Å². The first-order chi connectivity index (χ1) is 8.61. The lowest BCUT2D eigenvalue weighted by Crippen LogP contribution is -2.40. The number of likely N-dealkylation sites (tertiary alicyclic amines) is 1. The molecule has 18 heavy (non-hydrogen) atoms. The Morgan fingerprint density at radius 3 is 3.00 bits per heavy atom. The van der Waals surface area contributed by atoms with E-state index in [1.165, 1.54) is 6.07 Å². The van der Waals surface area contributed by atoms with Crippen molar-refractivity contribution < 1.29 is 9.90 Å². The number of aromatic hydroxyl groups is 1. The zero-order valence-corrected chi connectivity index (χ0v) is 12.2. The summed E-state index contributed by atoms with van der Waals surface area (Å²) in [5.41, 5.74) is 0.519. The average Bonchev–Trinajstić information content (AvgIpc) is 2.41. The van der Waals surface area contributed by atoms with Gasteiger partial charge in [0.1, 0.15) is 5.75 Å². The summed E-state index contributed by atoms with van der Waals surface area (Å²) in [6.07, 6.45) is 2.07. The van der Waals surface area contributed by atoms with E-state index in [2.05, 4.69) is 15.9 Å². The first-order valence-electron chi connectivity index (χ1n) is 5.95. The van der Waals surface area contributed by atoms with Crippen LogP contribution in [0.15, 0.2) is 22.7 Å². The lowest BCUT2D eigenvalue weighted by molar-refractivity contribution is 0.0684. The fourth-order valence-corrected chi connectivity index (χ4v) is 2.70. The first-order valence-corrected chi connectivity index (χ1v) is 7.28. The standard InChI is InChI=1S/C13H15BrClNO2/c14-11-4-3-10(6-12(11)17)13(18)16-5-1-2-9(7-15)8-16/h3-4,6,9,17H,1-2,5,7-8H2. The number of phenols is 1. The van der Waals surface area contributed by atoms with Crippen molar-refractivity contribution in [1.82, 2.24) is 4.90 Å². The van der Waals surface area contributed by atoms with Crippen LogP contribution in [0.5, 0.6) is 5.75 Å². The van der Waals surface area contributed by atoms with Gasteiger partial charge in [0.2, 0.25) is 0 Å². The number of carbonyl (C=O) groups is 1. The SMILES string of the molecule is O=C(c1ccc(Br)c(O)c1)N1CCCC(CCl)C1. The van der Waals surface area contributed by atoms with Gasteiger partial charge in [0.25, 0.3) is 5.91 Å². The number of halogens is 2. The molecule has 0 radical (unpaired) electrons. The number of piperidine rings is 1. The van der Waals surface area contributed by atoms with E-state index in [0.29, 0.717) is 28.4 Å². The van der Waals surface area contributed by atoms with Crippen molar-refractivity contribution in [2.45, 2.75) is 12.8 Å². The number of amides is 1. The van der Waals surface area contributed by atoms with E-state index >= 15 is 0 Å². The second-order valence-electron chi connectivity index (χ2n) is 4.58. The Morgan fingerprint density at radius 1 is 1.56 bits per heavy atom. The van der Waals surface area contributed by atoms with Crippen molar-refractivity contribution in [3.8, 4) is 5.75 Å². The van der Waals surface area contributed by atoms with Crippen LogP contribution in [-0.2, 0) is 0 Å². The van der Waals surface area contributed by atoms with Crippen LogP contribution in [-0.4, -0.2) is 34.9 Å². The third-order valence-electron chi connectivity index (χ3n) is 3.22. The molecule has 1 aromatic rings. The van der Waals surface area contributed by atoms with Crippen LogP contribution in [0.2, 0.25) is 0 Å². The molecular weight excluding hydrogens is 318 g/mol. The molecule has 1 aliphatic heterocycles. The van der Waals surface area contributed by atoms with Crippen molar-refractivity contribution in [2.24, 2.45) is 5.92 Å². The molecule has 3 nitrogen and oxygen atoms in total. The number of nitrogens with zero attached hydrogens (tertiary/aromatic N) is 1. The third-order valence-corrected chi connectivity index (χ3v) is 4.32. The second-order valence-corrected chi connectivity index (χ2v) is 5.74. The minimum atomic E-state index is -0.0346. The van der Waals surface area contributed by atoms with E-state index in [4.69, 9.17) is 11.6 Å². The highest BCUT2D eigenvalue weighted by atomic mass is 79.9. The lowest BCUT2D eigenvalue weighted by atomic mass is 9.99. The van der Waals surface area contributed by atoms with Crippen LogP contribution in [0.1, 0.15) is 23.2 Å². The Kier molecular flexibility index (Phi) is 4.51. The highest BCUT2D eigenvalue weighted by molar-refractivity contribution is 9.10. The fraction of sp³-hybridized carbons (Fsp3) is 0.462. The van der Waals surface area contributed by atoms with Gasteiger partial charge in [0, 0.05) is 24.5 Å². The zero-order valence-electron chi connectivity index (χ0n) is 9.90. The molecule has 1 atom stereocenters. The number of hydrogen-bond donors (Lipinski definition) is 1. The quantitative estimate of drug-likeness (QED) is 0.845. The predicted octanol–water partition coefficient (Wildman–Crippen LogP) is 3.25. The Balaban J connectivity index is 2.12. The monoisotopic (exact) mass is 331 g/mol. The fourth-order valence-electron chi connectivity index (χ4n) is 2.20. The summed E-state index contributed by atoms with van der Waals surface area (Å²) < 4.78 is 0.594. The molecule has 1 saturated heterocycles. The Morgan fingerprint density at radius 2 is 2.33 bits per heavy atom. The summed E-state index contributed by atoms with van der Waals surface area (Å²) in [5, 5.41) is 9.61. The van der Waals surface area contributed by atoms with Gasteiger partial charge in [-0.15, -0.1) is 11.6 Å². The van der Waals surface area contributed by atoms with Crippen LogP contribution >= 0.6 is 27.5 Å². The molecule has 1 N–H and O–H groups in total. The first kappa shape index (κ1) is 13.7. The molecular formula is C13H15BrClNO2. The number of carbonyl (C=O) groups excluding carboxylic acids is 1. The van der Waals surface area contributed by atoms with Gasteiger partial charge in [-0.2, -0.15) is 0 Å². The number of benzene rings is 1. The minimum Gasteiger partial charge on any atom is -0.507 e. The highest BCUT2D eigenvalue weighted by Crippen LogP contribution is 2.26. The summed E-state index contributed by atoms with van der Waals surface area (Å²) >= 11 is 9.06. The largest absolute Gasteiger partial charge is 0.507 e. The molecule has 0 aromatic heterocycles. The second kappa shape index (κ2) is 5.93. The molecule has 1 amide bonds. The van der Waals surface area contributed by atoms with Crippen molar-refractivity contribution in [3.05, 3.63) is 28.2 Å². The van der Waals surface area contributed by atoms with E-state index in [0.717, 1.165) is 19.4 Å². The number of phenolic OH excluding ortho intramolecular Hbond substituents is 1. The highest BCUT2D eigenvalue weighted by Gasteiger charge is 2.24. The van der Waals surface area contributed by atoms with Crippen molar-refractivity contribution >= 4 is 33.4 Å². The van der Waals surface area contributed by atoms with Gasteiger partial charge >= 0.3 is 0 Å². The molecule has 98 valence electrons. The van der Waals surface area contributed by atoms with Gasteiger partial charge in [-0.05, 0) is 52.9 Å². The molecule has 1 heterocycles. The van der Waals surface area contributed by atoms with Crippen LogP contribution in [0.4, 0.5) is 0 Å². The van der Waals surface area contributed by atoms with E-state index in [1.54, 1.807) is 12.1 Å². The molecule has 0 saturated carbocycles. The van der Waals surface area contributed by atoms with Crippen molar-refractivity contribution in [1.29, 1.82) is 0 Å². The van der Waals surface area contributed by atoms with Gasteiger partial charge in [-0.3, -0.25) is 4.79 Å². The Labute approximate surface area is 120 Å². The maximum absolute atomic E-state index is 12.3. The topological polar surface area (TPSA) is 40.5 Å². The molecule has 1 aliphatic rings. The van der Waals surface area contributed by atoms with Gasteiger partial charge in [0.05, 0.1) is 4.47 Å². The number of hydrogen-bond acceptors (Lipinski definition) is 2. The number of alkyl halides is 1. The molecule has 1 unspecified atom stereocenters. The van der Waals surface area contributed by atoms with Crippen molar-refractivity contribution in [3.63, 3.8) is 0 Å². The van der Waals surface area contributed by atoms with Gasteiger partial charge < -0.3 is 10.0 Å². The lowest BCUT2D eigenvalue weighted by Gasteiger charge is -2.31. The van der Waals surface area contributed by atoms with Crippen LogP contribution < -0.4 is 0 Å². The van der Waals surface area contributed by atoms with E-state index in [9.17, 15) is 9.90 Å². The third kappa shape index (κ3) is 2.98. The van der Waals surface area contributed by atoms with Crippen LogP contribution in [0.25, 0.3) is 0 Å². The Hall–Kier alpha value is -0.740. The zero-order chi connectivity index (χ0) is 13.1. The van der Waals surface area contributed by atoms with Gasteiger partial charge in [0.15, 0.2) is 0 Å². The maximum Gasteiger partial charge on any atom is 0.253 e. The van der Waals surface area contributed by atoms with Crippen LogP contribution in [0, 0.1) is 5.92 Å². The molecule has 0 spiro atoms. The van der Waals surface area contributed by atoms with E-state index in [1.807, 2.05) is 4.90 Å². The number of rotatable bonds is 2. The molecule has 5 heteroatoms. The van der Waals surface area contributed by atoms with Gasteiger partial charge in [-0.1, -0.05) is 0 Å². The van der Waals surface area contributed by atoms with Crippen molar-refractivity contribution in [2.75, 3.05) is 19.0 Å².